The monoisotopic (exact) mass is 201 g/mol. The van der Waals surface area contributed by atoms with E-state index in [4.69, 9.17) is 4.74 Å². The second kappa shape index (κ2) is 3.19. The van der Waals surface area contributed by atoms with Crippen LogP contribution in [-0.2, 0) is 12.6 Å². The summed E-state index contributed by atoms with van der Waals surface area (Å²) in [6.07, 6.45) is -3.00. The van der Waals surface area contributed by atoms with Crippen LogP contribution in [0.15, 0.2) is 18.2 Å². The molecule has 14 heavy (non-hydrogen) atoms. The molecule has 0 amide bonds. The quantitative estimate of drug-likeness (QED) is 0.626. The first kappa shape index (κ1) is 9.37. The number of hydrogen-bond donors (Lipinski definition) is 0. The Kier molecular flexibility index (Phi) is 2.13. The molecule has 1 heterocycles. The van der Waals surface area contributed by atoms with Crippen molar-refractivity contribution in [3.05, 3.63) is 35.9 Å². The number of fused-ring (bicyclic) bond motifs is 1. The second-order valence-corrected chi connectivity index (χ2v) is 3.14. The number of hydrogen-bond acceptors (Lipinski definition) is 1. The van der Waals surface area contributed by atoms with Gasteiger partial charge in [-0.1, -0.05) is 0 Å². The lowest BCUT2D eigenvalue weighted by Crippen LogP contribution is -2.09. The number of benzene rings is 1. The largest absolute Gasteiger partial charge is 0.486 e. The third-order valence-electron chi connectivity index (χ3n) is 2.13. The van der Waals surface area contributed by atoms with Gasteiger partial charge in [0.1, 0.15) is 12.4 Å². The van der Waals surface area contributed by atoms with E-state index in [0.29, 0.717) is 24.2 Å². The molecule has 75 valence electrons. The van der Waals surface area contributed by atoms with E-state index in [1.165, 1.54) is 6.07 Å². The minimum atomic E-state index is -4.27. The number of rotatable bonds is 0. The molecular formula is C10H8F3O. The lowest BCUT2D eigenvalue weighted by Gasteiger charge is -2.17. The highest BCUT2D eigenvalue weighted by atomic mass is 19.4. The van der Waals surface area contributed by atoms with Gasteiger partial charge >= 0.3 is 6.18 Å². The third kappa shape index (κ3) is 1.69. The standard InChI is InChI=1S/C10H8F3O/c11-10(12,13)8-3-4-9-7(6-8)2-1-5-14-9/h3-6H,1-2H2. The molecule has 0 saturated heterocycles. The van der Waals surface area contributed by atoms with Crippen molar-refractivity contribution in [1.29, 1.82) is 0 Å². The van der Waals surface area contributed by atoms with E-state index in [9.17, 15) is 13.2 Å². The maximum Gasteiger partial charge on any atom is 0.416 e. The van der Waals surface area contributed by atoms with Gasteiger partial charge in [0, 0.05) is 0 Å². The summed E-state index contributed by atoms with van der Waals surface area (Å²) in [5.74, 6) is 0.532. The van der Waals surface area contributed by atoms with Crippen molar-refractivity contribution in [3.63, 3.8) is 0 Å². The molecule has 0 spiro atoms. The van der Waals surface area contributed by atoms with E-state index in [2.05, 4.69) is 0 Å². The highest BCUT2D eigenvalue weighted by Gasteiger charge is 2.31. The van der Waals surface area contributed by atoms with Gasteiger partial charge in [-0.15, -0.1) is 0 Å². The number of alkyl halides is 3. The van der Waals surface area contributed by atoms with Crippen LogP contribution >= 0.6 is 0 Å². The van der Waals surface area contributed by atoms with Crippen LogP contribution in [-0.4, -0.2) is 0 Å². The van der Waals surface area contributed by atoms with Crippen molar-refractivity contribution in [2.75, 3.05) is 0 Å². The van der Waals surface area contributed by atoms with E-state index < -0.39 is 11.7 Å². The Morgan fingerprint density at radius 2 is 2.00 bits per heavy atom. The summed E-state index contributed by atoms with van der Waals surface area (Å²) in [5, 5.41) is 0. The number of aryl methyl sites for hydroxylation is 1. The smallest absolute Gasteiger partial charge is 0.416 e. The van der Waals surface area contributed by atoms with Crippen LogP contribution in [0, 0.1) is 6.61 Å². The van der Waals surface area contributed by atoms with Crippen molar-refractivity contribution in [1.82, 2.24) is 0 Å². The molecule has 0 aromatic heterocycles. The molecule has 0 fully saturated rings. The summed E-state index contributed by atoms with van der Waals surface area (Å²) in [7, 11) is 0. The van der Waals surface area contributed by atoms with Crippen molar-refractivity contribution in [2.45, 2.75) is 19.0 Å². The average Bonchev–Trinajstić information content (AvgIpc) is 2.16. The molecule has 1 aromatic carbocycles. The Bertz CT molecular complexity index is 344. The highest BCUT2D eigenvalue weighted by Crippen LogP contribution is 2.34. The fraction of sp³-hybridized carbons (Fsp3) is 0.300. The zero-order valence-electron chi connectivity index (χ0n) is 7.27. The topological polar surface area (TPSA) is 9.23 Å². The van der Waals surface area contributed by atoms with Crippen molar-refractivity contribution in [3.8, 4) is 5.75 Å². The normalized spacial score (nSPS) is 15.9. The van der Waals surface area contributed by atoms with Gasteiger partial charge in [-0.05, 0) is 36.6 Å². The molecule has 1 radical (unpaired) electrons. The molecule has 4 heteroatoms. The van der Waals surface area contributed by atoms with Gasteiger partial charge in [-0.25, -0.2) is 0 Å². The fourth-order valence-corrected chi connectivity index (χ4v) is 1.43. The summed E-state index contributed by atoms with van der Waals surface area (Å²) >= 11 is 0. The first-order chi connectivity index (χ1) is 6.57. The highest BCUT2D eigenvalue weighted by molar-refractivity contribution is 5.40. The minimum absolute atomic E-state index is 0.532. The zero-order valence-corrected chi connectivity index (χ0v) is 7.27. The van der Waals surface area contributed by atoms with Gasteiger partial charge in [-0.2, -0.15) is 13.2 Å². The second-order valence-electron chi connectivity index (χ2n) is 3.14. The summed E-state index contributed by atoms with van der Waals surface area (Å²) in [6.45, 7) is 1.61. The molecule has 2 rings (SSSR count). The SMILES string of the molecule is FC(F)(F)c1ccc2c(c1)CC[CH]O2. The summed E-state index contributed by atoms with van der Waals surface area (Å²) in [6, 6.07) is 3.56. The summed E-state index contributed by atoms with van der Waals surface area (Å²) < 4.78 is 42.0. The molecule has 0 aliphatic carbocycles. The molecule has 1 aliphatic rings. The first-order valence-electron chi connectivity index (χ1n) is 4.26. The van der Waals surface area contributed by atoms with E-state index >= 15 is 0 Å². The Hall–Kier alpha value is -1.19. The average molecular weight is 201 g/mol. The number of halogens is 3. The van der Waals surface area contributed by atoms with Crippen molar-refractivity contribution < 1.29 is 17.9 Å². The zero-order chi connectivity index (χ0) is 10.2. The molecule has 0 N–H and O–H groups in total. The minimum Gasteiger partial charge on any atom is -0.486 e. The van der Waals surface area contributed by atoms with Gasteiger partial charge in [0.15, 0.2) is 0 Å². The molecular weight excluding hydrogens is 193 g/mol. The van der Waals surface area contributed by atoms with Crippen LogP contribution in [0.1, 0.15) is 17.5 Å². The third-order valence-corrected chi connectivity index (χ3v) is 2.13. The Morgan fingerprint density at radius 1 is 1.21 bits per heavy atom. The molecule has 1 aromatic rings. The van der Waals surface area contributed by atoms with Gasteiger partial charge in [0.05, 0.1) is 5.56 Å². The van der Waals surface area contributed by atoms with Crippen LogP contribution < -0.4 is 4.74 Å². The van der Waals surface area contributed by atoms with Crippen LogP contribution in [0.2, 0.25) is 0 Å². The van der Waals surface area contributed by atoms with Gasteiger partial charge in [0.2, 0.25) is 0 Å². The van der Waals surface area contributed by atoms with Crippen LogP contribution in [0.5, 0.6) is 5.75 Å². The molecule has 0 unspecified atom stereocenters. The Morgan fingerprint density at radius 3 is 2.71 bits per heavy atom. The van der Waals surface area contributed by atoms with E-state index in [1.807, 2.05) is 0 Å². The maximum atomic E-state index is 12.3. The van der Waals surface area contributed by atoms with Crippen LogP contribution in [0.3, 0.4) is 0 Å². The maximum absolute atomic E-state index is 12.3. The summed E-state index contributed by atoms with van der Waals surface area (Å²) in [5.41, 5.74) is 0.0177. The van der Waals surface area contributed by atoms with Crippen LogP contribution in [0.25, 0.3) is 0 Å². The van der Waals surface area contributed by atoms with E-state index in [-0.39, 0.29) is 0 Å². The van der Waals surface area contributed by atoms with E-state index in [1.54, 1.807) is 6.61 Å². The lowest BCUT2D eigenvalue weighted by molar-refractivity contribution is -0.137. The Balaban J connectivity index is 2.39. The van der Waals surface area contributed by atoms with Crippen LogP contribution in [0.4, 0.5) is 13.2 Å². The lowest BCUT2D eigenvalue weighted by atomic mass is 10.0. The fourth-order valence-electron chi connectivity index (χ4n) is 1.43. The van der Waals surface area contributed by atoms with Gasteiger partial charge in [0.25, 0.3) is 0 Å². The first-order valence-corrected chi connectivity index (χ1v) is 4.26. The summed E-state index contributed by atoms with van der Waals surface area (Å²) in [4.78, 5) is 0. The van der Waals surface area contributed by atoms with Gasteiger partial charge in [-0.3, -0.25) is 0 Å². The van der Waals surface area contributed by atoms with Gasteiger partial charge < -0.3 is 4.74 Å². The van der Waals surface area contributed by atoms with Crippen molar-refractivity contribution >= 4 is 0 Å². The molecule has 1 aliphatic heterocycles. The molecule has 0 bridgehead atoms. The predicted molar refractivity (Wildman–Crippen MR) is 44.7 cm³/mol. The number of ether oxygens (including phenoxy) is 1. The van der Waals surface area contributed by atoms with Crippen molar-refractivity contribution in [2.24, 2.45) is 0 Å². The molecule has 1 nitrogen and oxygen atoms in total. The van der Waals surface area contributed by atoms with E-state index in [0.717, 1.165) is 12.1 Å². The Labute approximate surface area is 79.5 Å². The predicted octanol–water partition coefficient (Wildman–Crippen LogP) is 3.19. The molecule has 0 atom stereocenters. The molecule has 0 saturated carbocycles.